The van der Waals surface area contributed by atoms with Gasteiger partial charge in [-0.3, -0.25) is 9.69 Å². The molecule has 0 bridgehead atoms. The topological polar surface area (TPSA) is 49.8 Å². The number of aliphatic carboxylic acids is 1. The SMILES string of the molecule is O=C(O)C1COCCN(Cc2csc3ccccc23)C1. The number of hydrogen-bond donors (Lipinski definition) is 1. The zero-order chi connectivity index (χ0) is 13.9. The Bertz CT molecular complexity index is 610. The second kappa shape index (κ2) is 5.91. The molecule has 20 heavy (non-hydrogen) atoms. The molecule has 0 amide bonds. The van der Waals surface area contributed by atoms with Crippen LogP contribution < -0.4 is 0 Å². The minimum absolute atomic E-state index is 0.316. The lowest BCUT2D eigenvalue weighted by Crippen LogP contribution is -2.33. The monoisotopic (exact) mass is 291 g/mol. The van der Waals surface area contributed by atoms with Crippen molar-refractivity contribution in [3.8, 4) is 0 Å². The maximum absolute atomic E-state index is 11.2. The Labute approximate surface area is 121 Å². The van der Waals surface area contributed by atoms with Gasteiger partial charge in [-0.05, 0) is 22.4 Å². The molecule has 1 unspecified atom stereocenters. The van der Waals surface area contributed by atoms with Gasteiger partial charge in [-0.1, -0.05) is 18.2 Å². The molecule has 1 saturated heterocycles. The van der Waals surface area contributed by atoms with Crippen LogP contribution in [0.3, 0.4) is 0 Å². The summed E-state index contributed by atoms with van der Waals surface area (Å²) in [6.45, 7) is 3.05. The zero-order valence-corrected chi connectivity index (χ0v) is 11.9. The van der Waals surface area contributed by atoms with Crippen LogP contribution in [0.2, 0.25) is 0 Å². The van der Waals surface area contributed by atoms with Crippen LogP contribution in [0, 0.1) is 5.92 Å². The van der Waals surface area contributed by atoms with Gasteiger partial charge in [0.15, 0.2) is 0 Å². The molecule has 1 aromatic carbocycles. The summed E-state index contributed by atoms with van der Waals surface area (Å²) in [7, 11) is 0. The first-order valence-electron chi connectivity index (χ1n) is 6.72. The van der Waals surface area contributed by atoms with E-state index in [1.54, 1.807) is 11.3 Å². The number of fused-ring (bicyclic) bond motifs is 1. The molecule has 1 aliphatic rings. The van der Waals surface area contributed by atoms with E-state index in [0.29, 0.717) is 19.8 Å². The van der Waals surface area contributed by atoms with E-state index in [4.69, 9.17) is 4.74 Å². The van der Waals surface area contributed by atoms with Crippen molar-refractivity contribution in [3.05, 3.63) is 35.2 Å². The van der Waals surface area contributed by atoms with Gasteiger partial charge in [0.05, 0.1) is 19.1 Å². The van der Waals surface area contributed by atoms with Crippen molar-refractivity contribution in [2.45, 2.75) is 6.54 Å². The van der Waals surface area contributed by atoms with E-state index in [2.05, 4.69) is 22.4 Å². The molecule has 2 heterocycles. The lowest BCUT2D eigenvalue weighted by Gasteiger charge is -2.21. The maximum atomic E-state index is 11.2. The molecule has 1 fully saturated rings. The van der Waals surface area contributed by atoms with Gasteiger partial charge in [-0.2, -0.15) is 0 Å². The number of carboxylic acid groups (broad SMARTS) is 1. The molecule has 1 aromatic heterocycles. The Morgan fingerprint density at radius 2 is 2.30 bits per heavy atom. The predicted octanol–water partition coefficient (Wildman–Crippen LogP) is 2.43. The van der Waals surface area contributed by atoms with Gasteiger partial charge in [0.25, 0.3) is 0 Å². The molecule has 3 rings (SSSR count). The summed E-state index contributed by atoms with van der Waals surface area (Å²) < 4.78 is 6.67. The lowest BCUT2D eigenvalue weighted by molar-refractivity contribution is -0.143. The van der Waals surface area contributed by atoms with Crippen molar-refractivity contribution in [2.24, 2.45) is 5.92 Å². The van der Waals surface area contributed by atoms with E-state index in [0.717, 1.165) is 13.1 Å². The zero-order valence-electron chi connectivity index (χ0n) is 11.1. The second-order valence-corrected chi connectivity index (χ2v) is 6.01. The Balaban J connectivity index is 1.77. The summed E-state index contributed by atoms with van der Waals surface area (Å²) in [6, 6.07) is 8.34. The summed E-state index contributed by atoms with van der Waals surface area (Å²) in [6.07, 6.45) is 0. The standard InChI is InChI=1S/C15H17NO3S/c17-15(18)11-7-16(5-6-19-9-11)8-12-10-20-14-4-2-1-3-13(12)14/h1-4,10-11H,5-9H2,(H,17,18). The van der Waals surface area contributed by atoms with E-state index in [9.17, 15) is 9.90 Å². The molecule has 0 saturated carbocycles. The first-order valence-corrected chi connectivity index (χ1v) is 7.60. The number of nitrogens with zero attached hydrogens (tertiary/aromatic N) is 1. The van der Waals surface area contributed by atoms with Gasteiger partial charge < -0.3 is 9.84 Å². The Morgan fingerprint density at radius 1 is 1.45 bits per heavy atom. The van der Waals surface area contributed by atoms with Crippen LogP contribution in [0.5, 0.6) is 0 Å². The number of carbonyl (C=O) groups is 1. The Morgan fingerprint density at radius 3 is 3.15 bits per heavy atom. The average molecular weight is 291 g/mol. The minimum Gasteiger partial charge on any atom is -0.481 e. The summed E-state index contributed by atoms with van der Waals surface area (Å²) in [4.78, 5) is 13.3. The van der Waals surface area contributed by atoms with E-state index in [1.165, 1.54) is 15.6 Å². The van der Waals surface area contributed by atoms with Crippen LogP contribution in [-0.2, 0) is 16.1 Å². The van der Waals surface area contributed by atoms with Crippen LogP contribution in [-0.4, -0.2) is 42.3 Å². The highest BCUT2D eigenvalue weighted by Gasteiger charge is 2.24. The molecule has 4 nitrogen and oxygen atoms in total. The van der Waals surface area contributed by atoms with E-state index in [-0.39, 0.29) is 0 Å². The third-order valence-electron chi connectivity index (χ3n) is 3.65. The number of benzene rings is 1. The van der Waals surface area contributed by atoms with Crippen molar-refractivity contribution in [1.29, 1.82) is 0 Å². The fourth-order valence-corrected chi connectivity index (χ4v) is 3.52. The van der Waals surface area contributed by atoms with Crippen molar-refractivity contribution in [3.63, 3.8) is 0 Å². The molecule has 106 valence electrons. The normalized spacial score (nSPS) is 20.9. The van der Waals surface area contributed by atoms with Gasteiger partial charge in [0.1, 0.15) is 0 Å². The van der Waals surface area contributed by atoms with Crippen molar-refractivity contribution in [1.82, 2.24) is 4.90 Å². The molecule has 2 aromatic rings. The highest BCUT2D eigenvalue weighted by atomic mass is 32.1. The van der Waals surface area contributed by atoms with Gasteiger partial charge in [0, 0.05) is 24.3 Å². The third-order valence-corrected chi connectivity index (χ3v) is 4.67. The second-order valence-electron chi connectivity index (χ2n) is 5.10. The number of rotatable bonds is 3. The van der Waals surface area contributed by atoms with Crippen molar-refractivity contribution in [2.75, 3.05) is 26.3 Å². The molecular weight excluding hydrogens is 274 g/mol. The van der Waals surface area contributed by atoms with Crippen LogP contribution in [0.4, 0.5) is 0 Å². The summed E-state index contributed by atoms with van der Waals surface area (Å²) in [5.74, 6) is -1.20. The van der Waals surface area contributed by atoms with Gasteiger partial charge in [-0.25, -0.2) is 0 Å². The summed E-state index contributed by atoms with van der Waals surface area (Å²) in [5, 5.41) is 12.6. The first-order chi connectivity index (χ1) is 9.74. The molecule has 5 heteroatoms. The van der Waals surface area contributed by atoms with Gasteiger partial charge in [0.2, 0.25) is 0 Å². The third kappa shape index (κ3) is 2.85. The van der Waals surface area contributed by atoms with E-state index >= 15 is 0 Å². The van der Waals surface area contributed by atoms with Crippen LogP contribution in [0.25, 0.3) is 10.1 Å². The number of thiophene rings is 1. The molecule has 0 spiro atoms. The number of carboxylic acids is 1. The highest BCUT2D eigenvalue weighted by molar-refractivity contribution is 7.17. The number of ether oxygens (including phenoxy) is 1. The lowest BCUT2D eigenvalue weighted by atomic mass is 10.1. The Kier molecular flexibility index (Phi) is 4.00. The van der Waals surface area contributed by atoms with Gasteiger partial charge >= 0.3 is 5.97 Å². The van der Waals surface area contributed by atoms with Crippen LogP contribution in [0.1, 0.15) is 5.56 Å². The first kappa shape index (κ1) is 13.5. The van der Waals surface area contributed by atoms with Crippen LogP contribution in [0.15, 0.2) is 29.6 Å². The molecular formula is C15H17NO3S. The van der Waals surface area contributed by atoms with E-state index < -0.39 is 11.9 Å². The smallest absolute Gasteiger partial charge is 0.310 e. The minimum atomic E-state index is -0.771. The average Bonchev–Trinajstić information content (AvgIpc) is 2.69. The van der Waals surface area contributed by atoms with E-state index in [1.807, 2.05) is 12.1 Å². The fourth-order valence-electron chi connectivity index (χ4n) is 2.56. The highest BCUT2D eigenvalue weighted by Crippen LogP contribution is 2.27. The largest absolute Gasteiger partial charge is 0.481 e. The molecule has 1 N–H and O–H groups in total. The van der Waals surface area contributed by atoms with Crippen molar-refractivity contribution >= 4 is 27.4 Å². The maximum Gasteiger partial charge on any atom is 0.310 e. The predicted molar refractivity (Wildman–Crippen MR) is 79.0 cm³/mol. The Hall–Kier alpha value is -1.43. The molecule has 1 aliphatic heterocycles. The quantitative estimate of drug-likeness (QED) is 0.943. The number of hydrogen-bond acceptors (Lipinski definition) is 4. The summed E-state index contributed by atoms with van der Waals surface area (Å²) in [5.41, 5.74) is 1.27. The van der Waals surface area contributed by atoms with Crippen LogP contribution >= 0.6 is 11.3 Å². The molecule has 0 aliphatic carbocycles. The van der Waals surface area contributed by atoms with Crippen molar-refractivity contribution < 1.29 is 14.6 Å². The molecule has 1 atom stereocenters. The molecule has 0 radical (unpaired) electrons. The fraction of sp³-hybridized carbons (Fsp3) is 0.400. The summed E-state index contributed by atoms with van der Waals surface area (Å²) >= 11 is 1.74. The van der Waals surface area contributed by atoms with Gasteiger partial charge in [-0.15, -0.1) is 11.3 Å².